The van der Waals surface area contributed by atoms with Gasteiger partial charge in [-0.15, -0.1) is 0 Å². The van der Waals surface area contributed by atoms with Crippen LogP contribution < -0.4 is 15.5 Å². The molecule has 35 heavy (non-hydrogen) atoms. The van der Waals surface area contributed by atoms with Crippen molar-refractivity contribution in [2.75, 3.05) is 25.5 Å². The molecule has 2 aromatic carbocycles. The second-order valence-electron chi connectivity index (χ2n) is 8.63. The lowest BCUT2D eigenvalue weighted by Crippen LogP contribution is -2.36. The number of pyridine rings is 1. The number of methoxy groups -OCH3 is 1. The van der Waals surface area contributed by atoms with Gasteiger partial charge in [0.15, 0.2) is 0 Å². The molecule has 1 aliphatic heterocycles. The number of carbonyl (C=O) groups excluding carboxylic acids is 1. The smallest absolute Gasteiger partial charge is 0.289 e. The van der Waals surface area contributed by atoms with Gasteiger partial charge in [0, 0.05) is 35.0 Å². The number of halogens is 1. The first-order valence-electron chi connectivity index (χ1n) is 11.7. The predicted octanol–water partition coefficient (Wildman–Crippen LogP) is 5.51. The average molecular weight is 492 g/mol. The fourth-order valence-corrected chi connectivity index (χ4v) is 4.33. The lowest BCUT2D eigenvalue weighted by Gasteiger charge is -2.32. The summed E-state index contributed by atoms with van der Waals surface area (Å²) in [4.78, 5) is 19.2. The number of hydrazone groups is 1. The van der Waals surface area contributed by atoms with E-state index in [9.17, 15) is 4.79 Å². The summed E-state index contributed by atoms with van der Waals surface area (Å²) in [7, 11) is 1.63. The Kier molecular flexibility index (Phi) is 8.34. The number of carbonyl (C=O) groups is 1. The number of benzene rings is 2. The van der Waals surface area contributed by atoms with Crippen molar-refractivity contribution in [1.29, 1.82) is 0 Å². The minimum Gasteiger partial charge on any atom is -0.497 e. The van der Waals surface area contributed by atoms with E-state index in [0.29, 0.717) is 11.6 Å². The van der Waals surface area contributed by atoms with Crippen molar-refractivity contribution in [3.8, 4) is 5.75 Å². The number of amides is 1. The summed E-state index contributed by atoms with van der Waals surface area (Å²) in [6.45, 7) is 4.77. The van der Waals surface area contributed by atoms with E-state index >= 15 is 0 Å². The lowest BCUT2D eigenvalue weighted by molar-refractivity contribution is 0.0949. The zero-order valence-electron chi connectivity index (χ0n) is 20.0. The van der Waals surface area contributed by atoms with Gasteiger partial charge in [0.2, 0.25) is 0 Å². The summed E-state index contributed by atoms with van der Waals surface area (Å²) in [6.07, 6.45) is 3.62. The number of nitrogens with zero attached hydrogens (tertiary/aromatic N) is 3. The molecule has 1 aromatic heterocycles. The van der Waals surface area contributed by atoms with Crippen LogP contribution in [0.5, 0.6) is 5.75 Å². The predicted molar refractivity (Wildman–Crippen MR) is 141 cm³/mol. The third kappa shape index (κ3) is 6.81. The number of piperidine rings is 1. The minimum atomic E-state index is -0.326. The Morgan fingerprint density at radius 1 is 1.11 bits per heavy atom. The Morgan fingerprint density at radius 2 is 1.91 bits per heavy atom. The summed E-state index contributed by atoms with van der Waals surface area (Å²) >= 11 is 6.30. The third-order valence-electron chi connectivity index (χ3n) is 6.22. The van der Waals surface area contributed by atoms with E-state index in [0.717, 1.165) is 65.9 Å². The molecule has 2 heterocycles. The first kappa shape index (κ1) is 24.7. The highest BCUT2D eigenvalue weighted by molar-refractivity contribution is 6.31. The number of hydrogen-bond acceptors (Lipinski definition) is 6. The number of anilines is 2. The average Bonchev–Trinajstić information content (AvgIpc) is 2.89. The summed E-state index contributed by atoms with van der Waals surface area (Å²) in [5.74, 6) is 0.784. The van der Waals surface area contributed by atoms with Crippen LogP contribution >= 0.6 is 11.6 Å². The molecule has 3 aromatic rings. The van der Waals surface area contributed by atoms with E-state index in [1.807, 2.05) is 55.5 Å². The summed E-state index contributed by atoms with van der Waals surface area (Å²) in [6, 6.07) is 19.1. The monoisotopic (exact) mass is 491 g/mol. The zero-order chi connectivity index (χ0) is 24.6. The molecular weight excluding hydrogens is 462 g/mol. The first-order chi connectivity index (χ1) is 17.0. The van der Waals surface area contributed by atoms with Gasteiger partial charge in [-0.3, -0.25) is 9.69 Å². The summed E-state index contributed by atoms with van der Waals surface area (Å²) in [5.41, 5.74) is 6.71. The van der Waals surface area contributed by atoms with E-state index in [4.69, 9.17) is 16.3 Å². The van der Waals surface area contributed by atoms with E-state index in [1.54, 1.807) is 19.4 Å². The molecule has 7 nitrogen and oxygen atoms in total. The highest BCUT2D eigenvalue weighted by atomic mass is 35.5. The van der Waals surface area contributed by atoms with Gasteiger partial charge in [-0.25, -0.2) is 10.4 Å². The first-order valence-corrected chi connectivity index (χ1v) is 12.1. The van der Waals surface area contributed by atoms with Crippen LogP contribution in [0.4, 0.5) is 11.4 Å². The van der Waals surface area contributed by atoms with Crippen LogP contribution in [-0.2, 0) is 6.54 Å². The quantitative estimate of drug-likeness (QED) is 0.321. The zero-order valence-corrected chi connectivity index (χ0v) is 20.8. The molecule has 1 aliphatic rings. The maximum Gasteiger partial charge on any atom is 0.289 e. The van der Waals surface area contributed by atoms with Gasteiger partial charge in [0.1, 0.15) is 11.4 Å². The molecule has 182 valence electrons. The number of nitrogens with one attached hydrogen (secondary N) is 2. The van der Waals surface area contributed by atoms with Gasteiger partial charge in [0.05, 0.1) is 19.0 Å². The largest absolute Gasteiger partial charge is 0.497 e. The number of aromatic nitrogens is 1. The summed E-state index contributed by atoms with van der Waals surface area (Å²) < 4.78 is 5.24. The second-order valence-corrected chi connectivity index (χ2v) is 9.03. The number of hydrogen-bond donors (Lipinski definition) is 2. The molecule has 8 heteroatoms. The Morgan fingerprint density at radius 3 is 2.63 bits per heavy atom. The van der Waals surface area contributed by atoms with E-state index in [-0.39, 0.29) is 5.91 Å². The van der Waals surface area contributed by atoms with Gasteiger partial charge in [-0.1, -0.05) is 35.9 Å². The van der Waals surface area contributed by atoms with E-state index in [1.165, 1.54) is 0 Å². The van der Waals surface area contributed by atoms with Crippen molar-refractivity contribution < 1.29 is 9.53 Å². The molecule has 0 spiro atoms. The molecule has 0 saturated carbocycles. The topological polar surface area (TPSA) is 78.8 Å². The minimum absolute atomic E-state index is 0.312. The lowest BCUT2D eigenvalue weighted by atomic mass is 9.92. The van der Waals surface area contributed by atoms with Crippen molar-refractivity contribution in [3.63, 3.8) is 0 Å². The van der Waals surface area contributed by atoms with Crippen molar-refractivity contribution >= 4 is 34.6 Å². The number of ether oxygens (including phenoxy) is 1. The van der Waals surface area contributed by atoms with Crippen molar-refractivity contribution in [1.82, 2.24) is 15.3 Å². The molecule has 0 atom stereocenters. The van der Waals surface area contributed by atoms with Gasteiger partial charge in [-0.05, 0) is 68.8 Å². The highest BCUT2D eigenvalue weighted by Crippen LogP contribution is 2.23. The SMILES string of the molecule is COc1cccc(Nc2ccc(C(=O)N/N=C(\C)C3CCN(Cc4ccccc4Cl)CC3)nc2)c1. The Labute approximate surface area is 211 Å². The Hall–Kier alpha value is -3.42. The molecule has 0 radical (unpaired) electrons. The molecule has 2 N–H and O–H groups in total. The van der Waals surface area contributed by atoms with Crippen LogP contribution in [0.15, 0.2) is 72.0 Å². The molecule has 1 fully saturated rings. The van der Waals surface area contributed by atoms with Crippen LogP contribution in [0.2, 0.25) is 5.02 Å². The second kappa shape index (κ2) is 11.8. The van der Waals surface area contributed by atoms with Gasteiger partial charge in [-0.2, -0.15) is 5.10 Å². The van der Waals surface area contributed by atoms with Crippen LogP contribution in [0.1, 0.15) is 35.8 Å². The Balaban J connectivity index is 1.26. The van der Waals surface area contributed by atoms with E-state index < -0.39 is 0 Å². The van der Waals surface area contributed by atoms with Crippen molar-refractivity contribution in [2.24, 2.45) is 11.0 Å². The Bertz CT molecular complexity index is 1170. The fraction of sp³-hybridized carbons (Fsp3) is 0.296. The fourth-order valence-electron chi connectivity index (χ4n) is 4.13. The van der Waals surface area contributed by atoms with Crippen LogP contribution in [0.3, 0.4) is 0 Å². The molecule has 0 bridgehead atoms. The van der Waals surface area contributed by atoms with Gasteiger partial charge < -0.3 is 10.1 Å². The van der Waals surface area contributed by atoms with Crippen LogP contribution in [0.25, 0.3) is 0 Å². The molecule has 1 amide bonds. The molecule has 1 saturated heterocycles. The molecule has 4 rings (SSSR count). The molecule has 0 aliphatic carbocycles. The molecular formula is C27H30ClN5O2. The standard InChI is InChI=1S/C27H30ClN5O2/c1-19(20-12-14-33(15-13-20)18-21-6-3-4-9-25(21)28)31-32-27(34)26-11-10-23(17-29-26)30-22-7-5-8-24(16-22)35-2/h3-11,16-17,20,30H,12-15,18H2,1-2H3,(H,32,34)/b31-19+. The van der Waals surface area contributed by atoms with Gasteiger partial charge in [0.25, 0.3) is 5.91 Å². The maximum atomic E-state index is 12.5. The van der Waals surface area contributed by atoms with Crippen molar-refractivity contribution in [3.05, 3.63) is 83.1 Å². The highest BCUT2D eigenvalue weighted by Gasteiger charge is 2.22. The molecule has 0 unspecified atom stereocenters. The normalized spacial score (nSPS) is 15.0. The number of likely N-dealkylation sites (tertiary alicyclic amines) is 1. The van der Waals surface area contributed by atoms with Crippen molar-refractivity contribution in [2.45, 2.75) is 26.3 Å². The van der Waals surface area contributed by atoms with Gasteiger partial charge >= 0.3 is 0 Å². The summed E-state index contributed by atoms with van der Waals surface area (Å²) in [5, 5.41) is 8.42. The van der Waals surface area contributed by atoms with E-state index in [2.05, 4.69) is 31.8 Å². The maximum absolute atomic E-state index is 12.5. The third-order valence-corrected chi connectivity index (χ3v) is 6.59. The van der Waals surface area contributed by atoms with Crippen LogP contribution in [-0.4, -0.2) is 41.7 Å². The number of rotatable bonds is 8. The van der Waals surface area contributed by atoms with Crippen LogP contribution in [0, 0.1) is 5.92 Å².